The molecule has 10 heteroatoms. The molecule has 1 aliphatic heterocycles. The van der Waals surface area contributed by atoms with Crippen LogP contribution in [0.2, 0.25) is 0 Å². The Balaban J connectivity index is 3.06. The monoisotopic (exact) mass is 356 g/mol. The summed E-state index contributed by atoms with van der Waals surface area (Å²) in [7, 11) is 5.55. The van der Waals surface area contributed by atoms with Crippen molar-refractivity contribution in [3.05, 3.63) is 0 Å². The molecule has 0 unspecified atom stereocenters. The van der Waals surface area contributed by atoms with Crippen LogP contribution in [0.4, 0.5) is 0 Å². The average molecular weight is 356 g/mol. The zero-order valence-corrected chi connectivity index (χ0v) is 14.9. The van der Waals surface area contributed by atoms with Gasteiger partial charge in [-0.25, -0.2) is 29.3 Å². The van der Waals surface area contributed by atoms with Crippen molar-refractivity contribution in [3.8, 4) is 0 Å². The fourth-order valence-corrected chi connectivity index (χ4v) is 2.62. The molecule has 1 rings (SSSR count). The number of ether oxygens (including phenoxy) is 3. The smallest absolute Gasteiger partial charge is 0.164 e. The first kappa shape index (κ1) is 21.6. The highest BCUT2D eigenvalue weighted by atomic mass is 17.2. The lowest BCUT2D eigenvalue weighted by atomic mass is 9.97. The van der Waals surface area contributed by atoms with Gasteiger partial charge in [-0.05, 0) is 13.8 Å². The summed E-state index contributed by atoms with van der Waals surface area (Å²) in [5.41, 5.74) is 0. The Hall–Kier alpha value is -0.400. The molecule has 0 spiro atoms. The quantitative estimate of drug-likeness (QED) is 0.401. The SMILES string of the molecule is COOC[C@H](OOC)[C@@H](OOC)[C@H]1OC(C)(C)O[C@H](CO)[C@H]1OC. The molecule has 0 aromatic heterocycles. The summed E-state index contributed by atoms with van der Waals surface area (Å²) in [6, 6.07) is 0. The van der Waals surface area contributed by atoms with Crippen LogP contribution in [0, 0.1) is 0 Å². The van der Waals surface area contributed by atoms with Gasteiger partial charge in [0.05, 0.1) is 27.9 Å². The molecular weight excluding hydrogens is 328 g/mol. The number of hydrogen-bond acceptors (Lipinski definition) is 10. The lowest BCUT2D eigenvalue weighted by Gasteiger charge is -2.47. The molecule has 5 atom stereocenters. The molecule has 1 N–H and O–H groups in total. The highest BCUT2D eigenvalue weighted by molar-refractivity contribution is 4.93. The third-order valence-corrected chi connectivity index (χ3v) is 3.46. The van der Waals surface area contributed by atoms with Crippen molar-refractivity contribution >= 4 is 0 Å². The molecule has 0 bridgehead atoms. The molecule has 0 saturated carbocycles. The van der Waals surface area contributed by atoms with Crippen molar-refractivity contribution in [2.75, 3.05) is 41.7 Å². The first-order valence-electron chi connectivity index (χ1n) is 7.47. The van der Waals surface area contributed by atoms with E-state index >= 15 is 0 Å². The molecular formula is C14H28O10. The van der Waals surface area contributed by atoms with Crippen molar-refractivity contribution in [1.29, 1.82) is 0 Å². The molecule has 24 heavy (non-hydrogen) atoms. The topological polar surface area (TPSA) is 103 Å². The zero-order valence-electron chi connectivity index (χ0n) is 14.9. The summed E-state index contributed by atoms with van der Waals surface area (Å²) in [5, 5.41) is 9.60. The normalized spacial score (nSPS) is 29.4. The third-order valence-electron chi connectivity index (χ3n) is 3.46. The van der Waals surface area contributed by atoms with Crippen molar-refractivity contribution in [1.82, 2.24) is 0 Å². The fourth-order valence-electron chi connectivity index (χ4n) is 2.62. The Morgan fingerprint density at radius 1 is 1.00 bits per heavy atom. The van der Waals surface area contributed by atoms with E-state index in [1.54, 1.807) is 13.8 Å². The second-order valence-electron chi connectivity index (χ2n) is 5.50. The van der Waals surface area contributed by atoms with E-state index in [1.165, 1.54) is 28.4 Å². The standard InChI is InChI=1S/C14H28O10/c1-14(2)21-9(7-15)11(16-3)13(22-14)12(24-19-6)10(23-18-5)8-20-17-4/h9-13,15H,7-8H2,1-6H3/t9-,10+,11-,12-,13+/m1/s1. The largest absolute Gasteiger partial charge is 0.394 e. The van der Waals surface area contributed by atoms with E-state index in [-0.39, 0.29) is 13.2 Å². The molecule has 1 aliphatic rings. The summed E-state index contributed by atoms with van der Waals surface area (Å²) in [6.45, 7) is 3.15. The zero-order chi connectivity index (χ0) is 18.2. The average Bonchev–Trinajstić information content (AvgIpc) is 2.55. The molecule has 0 aromatic rings. The number of rotatable bonds is 11. The van der Waals surface area contributed by atoms with Crippen molar-refractivity contribution in [2.24, 2.45) is 0 Å². The molecule has 0 aromatic carbocycles. The first-order valence-corrected chi connectivity index (χ1v) is 7.47. The maximum Gasteiger partial charge on any atom is 0.164 e. The predicted octanol–water partition coefficient (Wildman–Crippen LogP) is -0.0150. The highest BCUT2D eigenvalue weighted by Crippen LogP contribution is 2.32. The highest BCUT2D eigenvalue weighted by Gasteiger charge is 2.50. The molecule has 1 saturated heterocycles. The number of aliphatic hydroxyl groups excluding tert-OH is 1. The van der Waals surface area contributed by atoms with Crippen molar-refractivity contribution in [2.45, 2.75) is 50.2 Å². The van der Waals surface area contributed by atoms with Crippen LogP contribution in [0.25, 0.3) is 0 Å². The van der Waals surface area contributed by atoms with E-state index in [2.05, 4.69) is 4.89 Å². The van der Waals surface area contributed by atoms with Crippen LogP contribution >= 0.6 is 0 Å². The molecule has 0 radical (unpaired) electrons. The third kappa shape index (κ3) is 5.85. The summed E-state index contributed by atoms with van der Waals surface area (Å²) in [5.74, 6) is -0.984. The van der Waals surface area contributed by atoms with Gasteiger partial charge in [-0.3, -0.25) is 0 Å². The minimum Gasteiger partial charge on any atom is -0.394 e. The maximum absolute atomic E-state index is 9.60. The predicted molar refractivity (Wildman–Crippen MR) is 78.4 cm³/mol. The van der Waals surface area contributed by atoms with E-state index in [0.717, 1.165) is 0 Å². The van der Waals surface area contributed by atoms with Crippen LogP contribution in [-0.4, -0.2) is 83.1 Å². The first-order chi connectivity index (χ1) is 11.4. The van der Waals surface area contributed by atoms with Crippen molar-refractivity contribution < 1.29 is 48.6 Å². The summed E-state index contributed by atoms with van der Waals surface area (Å²) in [4.78, 5) is 29.6. The van der Waals surface area contributed by atoms with Gasteiger partial charge in [-0.2, -0.15) is 0 Å². The van der Waals surface area contributed by atoms with E-state index in [9.17, 15) is 5.11 Å². The van der Waals surface area contributed by atoms with Crippen LogP contribution in [0.15, 0.2) is 0 Å². The lowest BCUT2D eigenvalue weighted by Crippen LogP contribution is -2.62. The van der Waals surface area contributed by atoms with Crippen LogP contribution in [0.1, 0.15) is 13.8 Å². The number of aliphatic hydroxyl groups is 1. The van der Waals surface area contributed by atoms with Crippen LogP contribution in [0.3, 0.4) is 0 Å². The van der Waals surface area contributed by atoms with Crippen molar-refractivity contribution in [3.63, 3.8) is 0 Å². The van der Waals surface area contributed by atoms with Gasteiger partial charge in [0.2, 0.25) is 0 Å². The van der Waals surface area contributed by atoms with Gasteiger partial charge >= 0.3 is 0 Å². The molecule has 1 fully saturated rings. The van der Waals surface area contributed by atoms with Gasteiger partial charge < -0.3 is 19.3 Å². The second kappa shape index (κ2) is 10.6. The van der Waals surface area contributed by atoms with Crippen LogP contribution < -0.4 is 0 Å². The van der Waals surface area contributed by atoms with Gasteiger partial charge in [0.15, 0.2) is 18.0 Å². The Kier molecular flexibility index (Phi) is 9.52. The van der Waals surface area contributed by atoms with Gasteiger partial charge in [-0.15, -0.1) is 0 Å². The summed E-state index contributed by atoms with van der Waals surface area (Å²) < 4.78 is 17.1. The van der Waals surface area contributed by atoms with Gasteiger partial charge in [-0.1, -0.05) is 0 Å². The minimum atomic E-state index is -0.984. The van der Waals surface area contributed by atoms with E-state index < -0.39 is 36.3 Å². The van der Waals surface area contributed by atoms with Crippen LogP contribution in [0.5, 0.6) is 0 Å². The molecule has 1 heterocycles. The Morgan fingerprint density at radius 2 is 1.67 bits per heavy atom. The molecule has 144 valence electrons. The summed E-state index contributed by atoms with van der Waals surface area (Å²) >= 11 is 0. The van der Waals surface area contributed by atoms with E-state index in [4.69, 9.17) is 38.6 Å². The molecule has 0 amide bonds. The second-order valence-corrected chi connectivity index (χ2v) is 5.50. The summed E-state index contributed by atoms with van der Waals surface area (Å²) in [6.07, 6.45) is -3.58. The van der Waals surface area contributed by atoms with Crippen LogP contribution in [-0.2, 0) is 43.5 Å². The number of methoxy groups -OCH3 is 1. The fraction of sp³-hybridized carbons (Fsp3) is 1.00. The van der Waals surface area contributed by atoms with Gasteiger partial charge in [0.1, 0.15) is 24.9 Å². The van der Waals surface area contributed by atoms with Gasteiger partial charge in [0, 0.05) is 7.11 Å². The molecule has 0 aliphatic carbocycles. The van der Waals surface area contributed by atoms with E-state index in [1.807, 2.05) is 0 Å². The Morgan fingerprint density at radius 3 is 2.17 bits per heavy atom. The van der Waals surface area contributed by atoms with Gasteiger partial charge in [0.25, 0.3) is 0 Å². The Bertz CT molecular complexity index is 340. The van der Waals surface area contributed by atoms with E-state index in [0.29, 0.717) is 0 Å². The lowest BCUT2D eigenvalue weighted by molar-refractivity contribution is -0.432. The maximum atomic E-state index is 9.60. The number of hydrogen-bond donors (Lipinski definition) is 1. The molecule has 10 nitrogen and oxygen atoms in total. The Labute approximate surface area is 141 Å². The minimum absolute atomic E-state index is 0.0280.